The summed E-state index contributed by atoms with van der Waals surface area (Å²) in [6, 6.07) is 3.84. The minimum Gasteiger partial charge on any atom is -0.354 e. The third-order valence-electron chi connectivity index (χ3n) is 2.47. The summed E-state index contributed by atoms with van der Waals surface area (Å²) >= 11 is 0. The van der Waals surface area contributed by atoms with E-state index in [4.69, 9.17) is 0 Å². The molecule has 0 aliphatic rings. The van der Waals surface area contributed by atoms with E-state index in [1.807, 2.05) is 26.1 Å². The number of pyridine rings is 1. The second kappa shape index (κ2) is 6.49. The van der Waals surface area contributed by atoms with Crippen molar-refractivity contribution in [1.29, 1.82) is 0 Å². The number of aryl methyl sites for hydroxylation is 1. The molecular formula is C12H19F2N3. The first-order valence-electron chi connectivity index (χ1n) is 5.70. The first-order valence-corrected chi connectivity index (χ1v) is 5.70. The Balaban J connectivity index is 2.93. The molecule has 0 saturated heterocycles. The van der Waals surface area contributed by atoms with Crippen LogP contribution in [0.5, 0.6) is 0 Å². The Hall–Kier alpha value is -1.23. The van der Waals surface area contributed by atoms with Crippen molar-refractivity contribution in [2.24, 2.45) is 0 Å². The van der Waals surface area contributed by atoms with Gasteiger partial charge in [-0.1, -0.05) is 6.92 Å². The van der Waals surface area contributed by atoms with Crippen molar-refractivity contribution in [2.75, 3.05) is 25.5 Å². The molecule has 1 rings (SSSR count). The van der Waals surface area contributed by atoms with E-state index in [2.05, 4.69) is 10.3 Å². The van der Waals surface area contributed by atoms with Crippen LogP contribution in [0.3, 0.4) is 0 Å². The standard InChI is InChI=1S/C12H19F2N3/c1-4-10-5-9(7-15-2)6-12(16-10)17(3)8-11(13)14/h5-6,11,15H,4,7-8H2,1-3H3. The number of nitrogens with zero attached hydrogens (tertiary/aromatic N) is 2. The average Bonchev–Trinajstić information content (AvgIpc) is 2.28. The molecule has 1 aromatic rings. The fourth-order valence-corrected chi connectivity index (χ4v) is 1.62. The molecule has 5 heteroatoms. The van der Waals surface area contributed by atoms with Gasteiger partial charge in [0, 0.05) is 19.3 Å². The molecule has 0 aliphatic heterocycles. The molecule has 0 aliphatic carbocycles. The molecule has 96 valence electrons. The van der Waals surface area contributed by atoms with Gasteiger partial charge in [0.25, 0.3) is 6.43 Å². The summed E-state index contributed by atoms with van der Waals surface area (Å²) in [6.45, 7) is 2.42. The van der Waals surface area contributed by atoms with Gasteiger partial charge in [-0.15, -0.1) is 0 Å². The molecule has 0 bridgehead atoms. The van der Waals surface area contributed by atoms with Gasteiger partial charge in [-0.25, -0.2) is 13.8 Å². The summed E-state index contributed by atoms with van der Waals surface area (Å²) in [6.07, 6.45) is -1.55. The maximum Gasteiger partial charge on any atom is 0.255 e. The summed E-state index contributed by atoms with van der Waals surface area (Å²) in [5.41, 5.74) is 1.99. The van der Waals surface area contributed by atoms with Gasteiger partial charge >= 0.3 is 0 Å². The largest absolute Gasteiger partial charge is 0.354 e. The summed E-state index contributed by atoms with van der Waals surface area (Å²) in [5, 5.41) is 3.05. The van der Waals surface area contributed by atoms with Crippen LogP contribution < -0.4 is 10.2 Å². The van der Waals surface area contributed by atoms with Crippen molar-refractivity contribution in [1.82, 2.24) is 10.3 Å². The van der Waals surface area contributed by atoms with Crippen molar-refractivity contribution in [3.05, 3.63) is 23.4 Å². The molecule has 0 unspecified atom stereocenters. The molecule has 17 heavy (non-hydrogen) atoms. The van der Waals surface area contributed by atoms with Crippen molar-refractivity contribution in [3.8, 4) is 0 Å². The maximum absolute atomic E-state index is 12.3. The fraction of sp³-hybridized carbons (Fsp3) is 0.583. The highest BCUT2D eigenvalue weighted by Gasteiger charge is 2.11. The zero-order valence-electron chi connectivity index (χ0n) is 10.5. The topological polar surface area (TPSA) is 28.2 Å². The summed E-state index contributed by atoms with van der Waals surface area (Å²) in [4.78, 5) is 5.84. The zero-order chi connectivity index (χ0) is 12.8. The molecule has 3 nitrogen and oxygen atoms in total. The zero-order valence-corrected chi connectivity index (χ0v) is 10.5. The van der Waals surface area contributed by atoms with Gasteiger partial charge in [-0.05, 0) is 31.2 Å². The van der Waals surface area contributed by atoms with Gasteiger partial charge in [0.05, 0.1) is 6.54 Å². The fourth-order valence-electron chi connectivity index (χ4n) is 1.62. The van der Waals surface area contributed by atoms with Gasteiger partial charge < -0.3 is 10.2 Å². The lowest BCUT2D eigenvalue weighted by Crippen LogP contribution is -2.25. The first kappa shape index (κ1) is 13.8. The molecule has 1 heterocycles. The number of hydrogen-bond acceptors (Lipinski definition) is 3. The quantitative estimate of drug-likeness (QED) is 0.829. The van der Waals surface area contributed by atoms with E-state index >= 15 is 0 Å². The summed E-state index contributed by atoms with van der Waals surface area (Å²) in [7, 11) is 3.49. The molecule has 0 spiro atoms. The molecule has 0 saturated carbocycles. The number of nitrogens with one attached hydrogen (secondary N) is 1. The minimum absolute atomic E-state index is 0.292. The van der Waals surface area contributed by atoms with Gasteiger partial charge in [-0.3, -0.25) is 0 Å². The molecule has 0 aromatic carbocycles. The van der Waals surface area contributed by atoms with E-state index in [9.17, 15) is 8.78 Å². The van der Waals surface area contributed by atoms with Crippen LogP contribution in [0.2, 0.25) is 0 Å². The Labute approximate surface area is 101 Å². The van der Waals surface area contributed by atoms with Gasteiger partial charge in [0.15, 0.2) is 0 Å². The van der Waals surface area contributed by atoms with Crippen molar-refractivity contribution >= 4 is 5.82 Å². The minimum atomic E-state index is -2.35. The monoisotopic (exact) mass is 243 g/mol. The van der Waals surface area contributed by atoms with E-state index in [-0.39, 0.29) is 6.54 Å². The number of anilines is 1. The first-order chi connectivity index (χ1) is 8.06. The average molecular weight is 243 g/mol. The van der Waals surface area contributed by atoms with Crippen molar-refractivity contribution in [2.45, 2.75) is 26.3 Å². The highest BCUT2D eigenvalue weighted by molar-refractivity contribution is 5.42. The van der Waals surface area contributed by atoms with E-state index in [0.717, 1.165) is 17.7 Å². The van der Waals surface area contributed by atoms with E-state index in [1.165, 1.54) is 4.90 Å². The highest BCUT2D eigenvalue weighted by Crippen LogP contribution is 2.15. The normalized spacial score (nSPS) is 10.9. The number of alkyl halides is 2. The Morgan fingerprint density at radius 1 is 1.41 bits per heavy atom. The predicted molar refractivity (Wildman–Crippen MR) is 65.7 cm³/mol. The highest BCUT2D eigenvalue weighted by atomic mass is 19.3. The third kappa shape index (κ3) is 4.26. The smallest absolute Gasteiger partial charge is 0.255 e. The Bertz CT molecular complexity index is 356. The number of hydrogen-bond donors (Lipinski definition) is 1. The van der Waals surface area contributed by atoms with Crippen LogP contribution in [0.1, 0.15) is 18.2 Å². The molecule has 0 amide bonds. The van der Waals surface area contributed by atoms with Crippen LogP contribution in [0.4, 0.5) is 14.6 Å². The third-order valence-corrected chi connectivity index (χ3v) is 2.47. The number of halogens is 2. The Morgan fingerprint density at radius 3 is 2.65 bits per heavy atom. The molecule has 0 radical (unpaired) electrons. The maximum atomic E-state index is 12.3. The van der Waals surface area contributed by atoms with Crippen LogP contribution >= 0.6 is 0 Å². The van der Waals surface area contributed by atoms with Gasteiger partial charge in [-0.2, -0.15) is 0 Å². The van der Waals surface area contributed by atoms with Crippen LogP contribution in [0.25, 0.3) is 0 Å². The van der Waals surface area contributed by atoms with Crippen LogP contribution in [-0.2, 0) is 13.0 Å². The van der Waals surface area contributed by atoms with E-state index < -0.39 is 6.43 Å². The van der Waals surface area contributed by atoms with E-state index in [0.29, 0.717) is 12.4 Å². The number of aromatic nitrogens is 1. The molecule has 1 aromatic heterocycles. The lowest BCUT2D eigenvalue weighted by Gasteiger charge is -2.19. The lowest BCUT2D eigenvalue weighted by atomic mass is 10.2. The Morgan fingerprint density at radius 2 is 2.12 bits per heavy atom. The predicted octanol–water partition coefficient (Wildman–Crippen LogP) is 2.06. The lowest BCUT2D eigenvalue weighted by molar-refractivity contribution is 0.156. The second-order valence-corrected chi connectivity index (χ2v) is 3.98. The van der Waals surface area contributed by atoms with E-state index in [1.54, 1.807) is 7.05 Å². The molecule has 0 atom stereocenters. The van der Waals surface area contributed by atoms with Crippen molar-refractivity contribution < 1.29 is 8.78 Å². The van der Waals surface area contributed by atoms with Crippen LogP contribution in [-0.4, -0.2) is 32.0 Å². The summed E-state index contributed by atoms with van der Waals surface area (Å²) < 4.78 is 24.6. The van der Waals surface area contributed by atoms with Gasteiger partial charge in [0.1, 0.15) is 5.82 Å². The SMILES string of the molecule is CCc1cc(CNC)cc(N(C)CC(F)F)n1. The van der Waals surface area contributed by atoms with Crippen LogP contribution in [0, 0.1) is 0 Å². The molecule has 0 fully saturated rings. The second-order valence-electron chi connectivity index (χ2n) is 3.98. The van der Waals surface area contributed by atoms with Gasteiger partial charge in [0.2, 0.25) is 0 Å². The van der Waals surface area contributed by atoms with Crippen molar-refractivity contribution in [3.63, 3.8) is 0 Å². The Kier molecular flexibility index (Phi) is 5.28. The molecular weight excluding hydrogens is 224 g/mol. The summed E-state index contributed by atoms with van der Waals surface area (Å²) in [5.74, 6) is 0.606. The molecule has 1 N–H and O–H groups in total. The van der Waals surface area contributed by atoms with Crippen LogP contribution in [0.15, 0.2) is 12.1 Å². The number of rotatable bonds is 6.